The van der Waals surface area contributed by atoms with Gasteiger partial charge >= 0.3 is 0 Å². The maximum absolute atomic E-state index is 3.36. The molecule has 0 saturated carbocycles. The minimum atomic E-state index is 0.285. The molecule has 1 rings (SSSR count). The quantitative estimate of drug-likeness (QED) is 0.556. The molecule has 0 aliphatic heterocycles. The van der Waals surface area contributed by atoms with Gasteiger partial charge in [-0.25, -0.2) is 0 Å². The van der Waals surface area contributed by atoms with Crippen LogP contribution in [-0.2, 0) is 5.41 Å². The summed E-state index contributed by atoms with van der Waals surface area (Å²) in [4.78, 5) is 0. The SMILES string of the molecule is CCCCCCCC(C)(C)c1[c]cccc1. The van der Waals surface area contributed by atoms with Crippen LogP contribution in [0.3, 0.4) is 0 Å². The van der Waals surface area contributed by atoms with E-state index in [0.717, 1.165) is 0 Å². The first-order valence-corrected chi connectivity index (χ1v) is 6.64. The lowest BCUT2D eigenvalue weighted by Crippen LogP contribution is -2.16. The number of hydrogen-bond acceptors (Lipinski definition) is 0. The molecule has 0 aliphatic carbocycles. The molecule has 0 spiro atoms. The lowest BCUT2D eigenvalue weighted by atomic mass is 9.80. The molecule has 89 valence electrons. The van der Waals surface area contributed by atoms with E-state index >= 15 is 0 Å². The molecule has 0 atom stereocenters. The Balaban J connectivity index is 2.35. The minimum Gasteiger partial charge on any atom is -0.0654 e. The molecule has 1 aromatic carbocycles. The van der Waals surface area contributed by atoms with E-state index in [4.69, 9.17) is 0 Å². The van der Waals surface area contributed by atoms with Crippen molar-refractivity contribution in [2.45, 2.75) is 64.7 Å². The third-order valence-corrected chi connectivity index (χ3v) is 3.34. The van der Waals surface area contributed by atoms with Gasteiger partial charge in [-0.1, -0.05) is 77.1 Å². The molecule has 0 N–H and O–H groups in total. The molecule has 0 saturated heterocycles. The summed E-state index contributed by atoms with van der Waals surface area (Å²) >= 11 is 0. The molecular weight excluding hydrogens is 192 g/mol. The molecule has 16 heavy (non-hydrogen) atoms. The summed E-state index contributed by atoms with van der Waals surface area (Å²) in [5.41, 5.74) is 1.64. The van der Waals surface area contributed by atoms with Crippen LogP contribution in [0, 0.1) is 6.07 Å². The largest absolute Gasteiger partial charge is 0.0654 e. The van der Waals surface area contributed by atoms with Crippen LogP contribution in [-0.4, -0.2) is 0 Å². The summed E-state index contributed by atoms with van der Waals surface area (Å²) in [6.07, 6.45) is 8.11. The summed E-state index contributed by atoms with van der Waals surface area (Å²) in [7, 11) is 0. The van der Waals surface area contributed by atoms with E-state index in [2.05, 4.69) is 39.0 Å². The Morgan fingerprint density at radius 2 is 1.81 bits per heavy atom. The van der Waals surface area contributed by atoms with Crippen LogP contribution in [0.2, 0.25) is 0 Å². The maximum Gasteiger partial charge on any atom is -0.00974 e. The number of rotatable bonds is 7. The van der Waals surface area contributed by atoms with E-state index in [-0.39, 0.29) is 5.41 Å². The average Bonchev–Trinajstić information content (AvgIpc) is 2.30. The van der Waals surface area contributed by atoms with Gasteiger partial charge in [0.1, 0.15) is 0 Å². The monoisotopic (exact) mass is 217 g/mol. The third kappa shape index (κ3) is 4.38. The fourth-order valence-corrected chi connectivity index (χ4v) is 2.12. The second-order valence-electron chi connectivity index (χ2n) is 5.32. The van der Waals surface area contributed by atoms with Crippen molar-refractivity contribution in [3.8, 4) is 0 Å². The summed E-state index contributed by atoms with van der Waals surface area (Å²) in [6.45, 7) is 6.93. The summed E-state index contributed by atoms with van der Waals surface area (Å²) in [6, 6.07) is 11.7. The number of benzene rings is 1. The standard InChI is InChI=1S/C16H25/c1-4-5-6-7-11-14-16(2,3)15-12-9-8-10-13-15/h8-10,12H,4-7,11,14H2,1-3H3. The van der Waals surface area contributed by atoms with Crippen LogP contribution in [0.1, 0.15) is 64.9 Å². The van der Waals surface area contributed by atoms with Crippen molar-refractivity contribution < 1.29 is 0 Å². The molecule has 0 heteroatoms. The minimum absolute atomic E-state index is 0.285. The highest BCUT2D eigenvalue weighted by Gasteiger charge is 2.19. The fourth-order valence-electron chi connectivity index (χ4n) is 2.12. The van der Waals surface area contributed by atoms with Crippen molar-refractivity contribution in [1.29, 1.82) is 0 Å². The average molecular weight is 217 g/mol. The Kier molecular flexibility index (Phi) is 5.59. The van der Waals surface area contributed by atoms with Gasteiger partial charge in [-0.2, -0.15) is 0 Å². The Morgan fingerprint density at radius 1 is 1.06 bits per heavy atom. The molecule has 0 amide bonds. The Labute approximate surface area is 101 Å². The van der Waals surface area contributed by atoms with Crippen molar-refractivity contribution >= 4 is 0 Å². The zero-order valence-electron chi connectivity index (χ0n) is 11.1. The van der Waals surface area contributed by atoms with Crippen LogP contribution < -0.4 is 0 Å². The molecule has 0 heterocycles. The zero-order valence-corrected chi connectivity index (χ0v) is 11.1. The molecule has 0 aromatic heterocycles. The van der Waals surface area contributed by atoms with E-state index in [1.165, 1.54) is 44.1 Å². The van der Waals surface area contributed by atoms with Crippen LogP contribution in [0.25, 0.3) is 0 Å². The van der Waals surface area contributed by atoms with Gasteiger partial charge in [-0.15, -0.1) is 0 Å². The van der Waals surface area contributed by atoms with Crippen molar-refractivity contribution in [2.24, 2.45) is 0 Å². The Morgan fingerprint density at radius 3 is 2.44 bits per heavy atom. The first kappa shape index (κ1) is 13.3. The van der Waals surface area contributed by atoms with E-state index in [1.807, 2.05) is 12.1 Å². The van der Waals surface area contributed by atoms with E-state index in [0.29, 0.717) is 0 Å². The normalized spacial score (nSPS) is 11.7. The van der Waals surface area contributed by atoms with Gasteiger partial charge in [0.15, 0.2) is 0 Å². The van der Waals surface area contributed by atoms with Crippen LogP contribution in [0.4, 0.5) is 0 Å². The van der Waals surface area contributed by atoms with Crippen molar-refractivity contribution in [2.75, 3.05) is 0 Å². The van der Waals surface area contributed by atoms with Gasteiger partial charge in [0.25, 0.3) is 0 Å². The molecule has 1 radical (unpaired) electrons. The van der Waals surface area contributed by atoms with Crippen LogP contribution in [0.5, 0.6) is 0 Å². The lowest BCUT2D eigenvalue weighted by Gasteiger charge is -2.25. The van der Waals surface area contributed by atoms with E-state index in [9.17, 15) is 0 Å². The van der Waals surface area contributed by atoms with Gasteiger partial charge in [0, 0.05) is 0 Å². The molecule has 1 aromatic rings. The second kappa shape index (κ2) is 6.73. The number of hydrogen-bond donors (Lipinski definition) is 0. The summed E-state index contributed by atoms with van der Waals surface area (Å²) < 4.78 is 0. The van der Waals surface area contributed by atoms with E-state index in [1.54, 1.807) is 0 Å². The third-order valence-electron chi connectivity index (χ3n) is 3.34. The summed E-state index contributed by atoms with van der Waals surface area (Å²) in [5.74, 6) is 0. The number of unbranched alkanes of at least 4 members (excludes halogenated alkanes) is 4. The molecule has 0 fully saturated rings. The Bertz CT molecular complexity index is 271. The zero-order chi connectivity index (χ0) is 11.9. The van der Waals surface area contributed by atoms with Gasteiger partial charge in [0.2, 0.25) is 0 Å². The van der Waals surface area contributed by atoms with Gasteiger partial charge in [-0.3, -0.25) is 0 Å². The predicted molar refractivity (Wildman–Crippen MR) is 71.7 cm³/mol. The maximum atomic E-state index is 3.36. The van der Waals surface area contributed by atoms with Crippen molar-refractivity contribution in [3.63, 3.8) is 0 Å². The van der Waals surface area contributed by atoms with Gasteiger partial charge in [-0.05, 0) is 23.5 Å². The molecule has 0 bridgehead atoms. The molecular formula is C16H25. The smallest absolute Gasteiger partial charge is 0.00974 e. The Hall–Kier alpha value is -0.780. The highest BCUT2D eigenvalue weighted by molar-refractivity contribution is 5.21. The highest BCUT2D eigenvalue weighted by Crippen LogP contribution is 2.28. The molecule has 0 unspecified atom stereocenters. The fraction of sp³-hybridized carbons (Fsp3) is 0.625. The van der Waals surface area contributed by atoms with Gasteiger partial charge < -0.3 is 0 Å². The first-order chi connectivity index (χ1) is 7.67. The van der Waals surface area contributed by atoms with Crippen LogP contribution in [0.15, 0.2) is 24.3 Å². The highest BCUT2D eigenvalue weighted by atomic mass is 14.2. The lowest BCUT2D eigenvalue weighted by molar-refractivity contribution is 0.443. The second-order valence-corrected chi connectivity index (χ2v) is 5.32. The van der Waals surface area contributed by atoms with E-state index < -0.39 is 0 Å². The molecule has 0 aliphatic rings. The molecule has 0 nitrogen and oxygen atoms in total. The van der Waals surface area contributed by atoms with Gasteiger partial charge in [0.05, 0.1) is 0 Å². The summed E-state index contributed by atoms with van der Waals surface area (Å²) in [5, 5.41) is 0. The van der Waals surface area contributed by atoms with Crippen LogP contribution >= 0.6 is 0 Å². The van der Waals surface area contributed by atoms with Crippen molar-refractivity contribution in [1.82, 2.24) is 0 Å². The predicted octanol–water partition coefficient (Wildman–Crippen LogP) is 5.12. The van der Waals surface area contributed by atoms with Crippen molar-refractivity contribution in [3.05, 3.63) is 35.9 Å². The topological polar surface area (TPSA) is 0 Å². The first-order valence-electron chi connectivity index (χ1n) is 6.64.